The highest BCUT2D eigenvalue weighted by atomic mass is 19.3. The molecule has 0 fully saturated rings. The first-order valence-corrected chi connectivity index (χ1v) is 7.44. The van der Waals surface area contributed by atoms with Crippen LogP contribution in [-0.4, -0.2) is 19.8 Å². The molecule has 5 heteroatoms. The van der Waals surface area contributed by atoms with E-state index >= 15 is 0 Å². The smallest absolute Gasteiger partial charge is 0.387 e. The number of rotatable bonds is 10. The maximum Gasteiger partial charge on any atom is 0.387 e. The van der Waals surface area contributed by atoms with E-state index in [2.05, 4.69) is 23.9 Å². The molecule has 0 spiro atoms. The van der Waals surface area contributed by atoms with E-state index in [1.54, 1.807) is 12.1 Å². The largest absolute Gasteiger partial charge is 0.490 e. The molecule has 3 nitrogen and oxygen atoms in total. The van der Waals surface area contributed by atoms with E-state index < -0.39 is 6.61 Å². The Hall–Kier alpha value is -1.36. The van der Waals surface area contributed by atoms with Crippen molar-refractivity contribution in [3.8, 4) is 11.5 Å². The SMILES string of the molecule is CCOc1cc(CNCCCC(C)C)ccc1OC(F)F. The van der Waals surface area contributed by atoms with Crippen molar-refractivity contribution in [2.75, 3.05) is 13.2 Å². The molecule has 0 atom stereocenters. The monoisotopic (exact) mass is 301 g/mol. The molecule has 0 radical (unpaired) electrons. The van der Waals surface area contributed by atoms with Crippen LogP contribution in [0.15, 0.2) is 18.2 Å². The van der Waals surface area contributed by atoms with Crippen molar-refractivity contribution < 1.29 is 18.3 Å². The number of alkyl halides is 2. The van der Waals surface area contributed by atoms with Crippen LogP contribution in [0.25, 0.3) is 0 Å². The quantitative estimate of drug-likeness (QED) is 0.657. The van der Waals surface area contributed by atoms with Gasteiger partial charge in [-0.15, -0.1) is 0 Å². The molecular formula is C16H25F2NO2. The third-order valence-corrected chi connectivity index (χ3v) is 2.99. The Morgan fingerprint density at radius 1 is 1.19 bits per heavy atom. The predicted octanol–water partition coefficient (Wildman–Crippen LogP) is 4.21. The minimum absolute atomic E-state index is 0.0791. The van der Waals surface area contributed by atoms with E-state index in [1.165, 1.54) is 12.5 Å². The van der Waals surface area contributed by atoms with Gasteiger partial charge >= 0.3 is 6.61 Å². The molecule has 1 N–H and O–H groups in total. The zero-order valence-corrected chi connectivity index (χ0v) is 13.0. The van der Waals surface area contributed by atoms with Gasteiger partial charge in [0.15, 0.2) is 11.5 Å². The first-order valence-electron chi connectivity index (χ1n) is 7.44. The van der Waals surface area contributed by atoms with E-state index in [0.29, 0.717) is 24.8 Å². The molecule has 0 saturated carbocycles. The molecule has 0 aliphatic heterocycles. The van der Waals surface area contributed by atoms with Crippen LogP contribution in [0.2, 0.25) is 0 Å². The van der Waals surface area contributed by atoms with Crippen molar-refractivity contribution >= 4 is 0 Å². The molecule has 21 heavy (non-hydrogen) atoms. The standard InChI is InChI=1S/C16H25F2NO2/c1-4-20-15-10-13(7-8-14(15)21-16(17)18)11-19-9-5-6-12(2)3/h7-8,10,12,16,19H,4-6,9,11H2,1-3H3. The molecule has 0 saturated heterocycles. The lowest BCUT2D eigenvalue weighted by Gasteiger charge is -2.13. The summed E-state index contributed by atoms with van der Waals surface area (Å²) >= 11 is 0. The van der Waals surface area contributed by atoms with Crippen molar-refractivity contribution in [2.24, 2.45) is 5.92 Å². The molecule has 0 aliphatic carbocycles. The van der Waals surface area contributed by atoms with Crippen molar-refractivity contribution in [3.63, 3.8) is 0 Å². The van der Waals surface area contributed by atoms with Crippen molar-refractivity contribution in [2.45, 2.75) is 46.8 Å². The summed E-state index contributed by atoms with van der Waals surface area (Å²) < 4.78 is 34.4. The number of benzene rings is 1. The second-order valence-corrected chi connectivity index (χ2v) is 5.31. The number of hydrogen-bond acceptors (Lipinski definition) is 3. The van der Waals surface area contributed by atoms with Crippen molar-refractivity contribution in [1.29, 1.82) is 0 Å². The van der Waals surface area contributed by atoms with Crippen LogP contribution >= 0.6 is 0 Å². The third-order valence-electron chi connectivity index (χ3n) is 2.99. The fourth-order valence-electron chi connectivity index (χ4n) is 1.99. The Kier molecular flexibility index (Phi) is 8.05. The van der Waals surface area contributed by atoms with Crippen LogP contribution in [0.1, 0.15) is 39.2 Å². The fourth-order valence-corrected chi connectivity index (χ4v) is 1.99. The average Bonchev–Trinajstić information content (AvgIpc) is 2.40. The first kappa shape index (κ1) is 17.7. The summed E-state index contributed by atoms with van der Waals surface area (Å²) in [4.78, 5) is 0. The van der Waals surface area contributed by atoms with E-state index in [0.717, 1.165) is 18.5 Å². The summed E-state index contributed by atoms with van der Waals surface area (Å²) in [6.45, 7) is 5.41. The van der Waals surface area contributed by atoms with Gasteiger partial charge in [0.05, 0.1) is 6.61 Å². The highest BCUT2D eigenvalue weighted by Crippen LogP contribution is 2.29. The summed E-state index contributed by atoms with van der Waals surface area (Å²) in [6.07, 6.45) is 2.32. The zero-order valence-electron chi connectivity index (χ0n) is 13.0. The predicted molar refractivity (Wildman–Crippen MR) is 80.0 cm³/mol. The number of ether oxygens (including phenoxy) is 2. The second-order valence-electron chi connectivity index (χ2n) is 5.31. The molecule has 0 bridgehead atoms. The topological polar surface area (TPSA) is 30.5 Å². The molecule has 0 aromatic heterocycles. The highest BCUT2D eigenvalue weighted by molar-refractivity contribution is 5.43. The Morgan fingerprint density at radius 2 is 1.95 bits per heavy atom. The highest BCUT2D eigenvalue weighted by Gasteiger charge is 2.11. The minimum atomic E-state index is -2.84. The molecule has 0 heterocycles. The van der Waals surface area contributed by atoms with Crippen molar-refractivity contribution in [3.05, 3.63) is 23.8 Å². The van der Waals surface area contributed by atoms with Crippen LogP contribution in [0.5, 0.6) is 11.5 Å². The number of hydrogen-bond donors (Lipinski definition) is 1. The van der Waals surface area contributed by atoms with Gasteiger partial charge in [-0.2, -0.15) is 8.78 Å². The Labute approximate surface area is 125 Å². The van der Waals surface area contributed by atoms with Gasteiger partial charge in [-0.1, -0.05) is 19.9 Å². The summed E-state index contributed by atoms with van der Waals surface area (Å²) in [5.74, 6) is 1.15. The summed E-state index contributed by atoms with van der Waals surface area (Å²) in [5, 5.41) is 3.34. The Morgan fingerprint density at radius 3 is 2.57 bits per heavy atom. The molecular weight excluding hydrogens is 276 g/mol. The van der Waals surface area contributed by atoms with Crippen LogP contribution in [0.4, 0.5) is 8.78 Å². The lowest BCUT2D eigenvalue weighted by molar-refractivity contribution is -0.0514. The number of nitrogens with one attached hydrogen (secondary N) is 1. The van der Waals surface area contributed by atoms with Gasteiger partial charge in [-0.3, -0.25) is 0 Å². The zero-order chi connectivity index (χ0) is 15.7. The molecule has 1 aromatic carbocycles. The first-order chi connectivity index (χ1) is 10.0. The summed E-state index contributed by atoms with van der Waals surface area (Å²) in [7, 11) is 0. The van der Waals surface area contributed by atoms with Gasteiger partial charge in [-0.05, 0) is 49.9 Å². The van der Waals surface area contributed by atoms with Gasteiger partial charge in [-0.25, -0.2) is 0 Å². The van der Waals surface area contributed by atoms with E-state index in [9.17, 15) is 8.78 Å². The molecule has 0 aliphatic rings. The normalized spacial score (nSPS) is 11.2. The Bertz CT molecular complexity index is 411. The lowest BCUT2D eigenvalue weighted by Crippen LogP contribution is -2.15. The van der Waals surface area contributed by atoms with Crippen LogP contribution in [0.3, 0.4) is 0 Å². The van der Waals surface area contributed by atoms with Crippen molar-refractivity contribution in [1.82, 2.24) is 5.32 Å². The average molecular weight is 301 g/mol. The van der Waals surface area contributed by atoms with Crippen LogP contribution in [0, 0.1) is 5.92 Å². The third kappa shape index (κ3) is 7.27. The Balaban J connectivity index is 2.53. The maximum absolute atomic E-state index is 12.3. The molecule has 120 valence electrons. The van der Waals surface area contributed by atoms with Gasteiger partial charge in [0, 0.05) is 6.54 Å². The maximum atomic E-state index is 12.3. The van der Waals surface area contributed by atoms with E-state index in [4.69, 9.17) is 4.74 Å². The molecule has 1 rings (SSSR count). The molecule has 0 unspecified atom stereocenters. The van der Waals surface area contributed by atoms with Gasteiger partial charge < -0.3 is 14.8 Å². The molecule has 0 amide bonds. The van der Waals surface area contributed by atoms with Gasteiger partial charge in [0.25, 0.3) is 0 Å². The lowest BCUT2D eigenvalue weighted by atomic mass is 10.1. The second kappa shape index (κ2) is 9.55. The minimum Gasteiger partial charge on any atom is -0.490 e. The fraction of sp³-hybridized carbons (Fsp3) is 0.625. The van der Waals surface area contributed by atoms with Gasteiger partial charge in [0.1, 0.15) is 0 Å². The summed E-state index contributed by atoms with van der Waals surface area (Å²) in [6, 6.07) is 5.05. The van der Waals surface area contributed by atoms with E-state index in [-0.39, 0.29) is 5.75 Å². The van der Waals surface area contributed by atoms with Crippen LogP contribution in [-0.2, 0) is 6.54 Å². The number of halogens is 2. The summed E-state index contributed by atoms with van der Waals surface area (Å²) in [5.41, 5.74) is 0.990. The van der Waals surface area contributed by atoms with E-state index in [1.807, 2.05) is 6.92 Å². The van der Waals surface area contributed by atoms with Gasteiger partial charge in [0.2, 0.25) is 0 Å². The molecule has 1 aromatic rings. The van der Waals surface area contributed by atoms with Crippen LogP contribution < -0.4 is 14.8 Å².